The Morgan fingerprint density at radius 3 is 1.71 bits per heavy atom. The van der Waals surface area contributed by atoms with Gasteiger partial charge in [-0.3, -0.25) is 0 Å². The van der Waals surface area contributed by atoms with Crippen LogP contribution in [0.5, 0.6) is 0 Å². The normalized spacial score (nSPS) is 22.6. The van der Waals surface area contributed by atoms with Crippen molar-refractivity contribution in [3.05, 3.63) is 59.2 Å². The monoisotopic (exact) mass is 568 g/mol. The van der Waals surface area contributed by atoms with Crippen LogP contribution in [0.15, 0.2) is 42.5 Å². The van der Waals surface area contributed by atoms with E-state index in [4.69, 9.17) is 19.7 Å². The van der Waals surface area contributed by atoms with E-state index < -0.39 is 25.2 Å². The molecule has 0 spiro atoms. The summed E-state index contributed by atoms with van der Waals surface area (Å²) in [5, 5.41) is 18.2. The third-order valence-electron chi connectivity index (χ3n) is 9.30. The van der Waals surface area contributed by atoms with Gasteiger partial charge in [0.1, 0.15) is 0 Å². The van der Waals surface area contributed by atoms with Gasteiger partial charge in [0.2, 0.25) is 0 Å². The molecule has 6 heteroatoms. The number of ether oxygens (including phenoxy) is 2. The molecule has 2 N–H and O–H groups in total. The highest BCUT2D eigenvalue weighted by atomic mass is 16.5. The molecule has 2 aliphatic carbocycles. The van der Waals surface area contributed by atoms with E-state index in [0.29, 0.717) is 18.8 Å². The van der Waals surface area contributed by atoms with E-state index in [1.807, 2.05) is 0 Å². The van der Waals surface area contributed by atoms with Crippen LogP contribution in [0.25, 0.3) is 0 Å². The average Bonchev–Trinajstić information content (AvgIpc) is 3.00. The fourth-order valence-electron chi connectivity index (χ4n) is 6.73. The number of rotatable bonds is 16. The Kier molecular flexibility index (Phi) is 14.1. The minimum absolute atomic E-state index is 0.0486. The van der Waals surface area contributed by atoms with Crippen molar-refractivity contribution in [2.45, 2.75) is 103 Å². The molecule has 0 aromatic heterocycles. The van der Waals surface area contributed by atoms with Gasteiger partial charge in [-0.1, -0.05) is 76.8 Å². The van der Waals surface area contributed by atoms with E-state index in [0.717, 1.165) is 28.9 Å². The highest BCUT2D eigenvalue weighted by molar-refractivity contribution is 5.88. The zero-order chi connectivity index (χ0) is 29.6. The van der Waals surface area contributed by atoms with Crippen molar-refractivity contribution in [2.24, 2.45) is 17.8 Å². The van der Waals surface area contributed by atoms with Crippen LogP contribution in [0.2, 0.25) is 0 Å². The first kappa shape index (κ1) is 33.1. The summed E-state index contributed by atoms with van der Waals surface area (Å²) >= 11 is 0. The summed E-state index contributed by atoms with van der Waals surface area (Å²) in [6.45, 7) is 8.93. The van der Waals surface area contributed by atoms with Gasteiger partial charge >= 0.3 is 11.9 Å². The lowest BCUT2D eigenvalue weighted by molar-refractivity contribution is -0.140. The molecule has 0 saturated heterocycles. The number of esters is 2. The van der Waals surface area contributed by atoms with Crippen molar-refractivity contribution in [1.82, 2.24) is 0 Å². The summed E-state index contributed by atoms with van der Waals surface area (Å²) in [6, 6.07) is 6.56. The molecule has 0 bridgehead atoms. The fourth-order valence-corrected chi connectivity index (χ4v) is 6.73. The van der Waals surface area contributed by atoms with Gasteiger partial charge in [-0.05, 0) is 78.9 Å². The molecule has 0 heterocycles. The molecule has 6 nitrogen and oxygen atoms in total. The molecule has 0 unspecified atom stereocenters. The standard InChI is InChI=1S/C35H52O6/c1-4-5-6-7-27-8-10-30(11-9-27)31-12-14-32(15-13-31)33-21-28(16-18-40-34(38)25(2)23-36)20-29(22-33)17-19-41-35(39)26(3)24-37/h20-22,27,30-32,36-37H,2-19,23-24H2,1H3. The summed E-state index contributed by atoms with van der Waals surface area (Å²) in [4.78, 5) is 23.8. The predicted molar refractivity (Wildman–Crippen MR) is 163 cm³/mol. The Bertz CT molecular complexity index is 946. The second-order valence-corrected chi connectivity index (χ2v) is 12.3. The molecule has 2 saturated carbocycles. The average molecular weight is 569 g/mol. The molecule has 0 atom stereocenters. The number of benzene rings is 1. The van der Waals surface area contributed by atoms with E-state index in [9.17, 15) is 9.59 Å². The van der Waals surface area contributed by atoms with Crippen LogP contribution in [0.4, 0.5) is 0 Å². The van der Waals surface area contributed by atoms with Crippen molar-refractivity contribution < 1.29 is 29.3 Å². The molecule has 2 aliphatic rings. The largest absolute Gasteiger partial charge is 0.462 e. The number of carbonyl (C=O) groups excluding carboxylic acids is 2. The van der Waals surface area contributed by atoms with Gasteiger partial charge in [-0.15, -0.1) is 0 Å². The van der Waals surface area contributed by atoms with E-state index in [-0.39, 0.29) is 24.4 Å². The molecule has 3 rings (SSSR count). The van der Waals surface area contributed by atoms with Gasteiger partial charge in [0.05, 0.1) is 37.6 Å². The van der Waals surface area contributed by atoms with Gasteiger partial charge in [0.15, 0.2) is 0 Å². The maximum Gasteiger partial charge on any atom is 0.335 e. The van der Waals surface area contributed by atoms with Crippen LogP contribution >= 0.6 is 0 Å². The van der Waals surface area contributed by atoms with E-state index in [1.165, 1.54) is 82.6 Å². The van der Waals surface area contributed by atoms with Gasteiger partial charge in [-0.25, -0.2) is 9.59 Å². The number of aliphatic hydroxyl groups excluding tert-OH is 2. The molecule has 0 amide bonds. The lowest BCUT2D eigenvalue weighted by atomic mass is 9.68. The summed E-state index contributed by atoms with van der Waals surface area (Å²) in [7, 11) is 0. The number of aliphatic hydroxyl groups is 2. The van der Waals surface area contributed by atoms with Crippen LogP contribution in [-0.2, 0) is 31.9 Å². The van der Waals surface area contributed by atoms with Crippen LogP contribution in [0.1, 0.15) is 107 Å². The van der Waals surface area contributed by atoms with Crippen molar-refractivity contribution in [3.63, 3.8) is 0 Å². The maximum atomic E-state index is 11.9. The molecule has 1 aromatic carbocycles. The zero-order valence-corrected chi connectivity index (χ0v) is 25.2. The van der Waals surface area contributed by atoms with Crippen LogP contribution in [-0.4, -0.2) is 48.6 Å². The molecule has 2 fully saturated rings. The quantitative estimate of drug-likeness (QED) is 0.132. The van der Waals surface area contributed by atoms with E-state index in [1.54, 1.807) is 0 Å². The summed E-state index contributed by atoms with van der Waals surface area (Å²) in [5.41, 5.74) is 3.57. The fraction of sp³-hybridized carbons (Fsp3) is 0.657. The smallest absolute Gasteiger partial charge is 0.335 e. The molecule has 1 aromatic rings. The molecule has 0 radical (unpaired) electrons. The summed E-state index contributed by atoms with van der Waals surface area (Å²) < 4.78 is 10.6. The van der Waals surface area contributed by atoms with Crippen LogP contribution in [0, 0.1) is 17.8 Å². The second kappa shape index (κ2) is 17.5. The minimum Gasteiger partial charge on any atom is -0.462 e. The van der Waals surface area contributed by atoms with Gasteiger partial charge < -0.3 is 19.7 Å². The number of hydrogen-bond donors (Lipinski definition) is 2. The Balaban J connectivity index is 1.58. The highest BCUT2D eigenvalue weighted by Gasteiger charge is 2.31. The van der Waals surface area contributed by atoms with E-state index >= 15 is 0 Å². The first-order valence-electron chi connectivity index (χ1n) is 15.9. The topological polar surface area (TPSA) is 93.1 Å². The Hall–Kier alpha value is -2.44. The van der Waals surface area contributed by atoms with Crippen LogP contribution in [0.3, 0.4) is 0 Å². The van der Waals surface area contributed by atoms with Crippen LogP contribution < -0.4 is 0 Å². The maximum absolute atomic E-state index is 11.9. The molecule has 41 heavy (non-hydrogen) atoms. The number of hydrogen-bond acceptors (Lipinski definition) is 6. The van der Waals surface area contributed by atoms with Crippen molar-refractivity contribution in [3.8, 4) is 0 Å². The highest BCUT2D eigenvalue weighted by Crippen LogP contribution is 2.44. The Morgan fingerprint density at radius 2 is 1.24 bits per heavy atom. The third kappa shape index (κ3) is 10.7. The van der Waals surface area contributed by atoms with E-state index in [2.05, 4.69) is 38.3 Å². The van der Waals surface area contributed by atoms with Gasteiger partial charge in [0.25, 0.3) is 0 Å². The minimum atomic E-state index is -0.576. The predicted octanol–water partition coefficient (Wildman–Crippen LogP) is 6.62. The van der Waals surface area contributed by atoms with Gasteiger partial charge in [-0.2, -0.15) is 0 Å². The molecular weight excluding hydrogens is 516 g/mol. The Morgan fingerprint density at radius 1 is 0.756 bits per heavy atom. The molecule has 228 valence electrons. The van der Waals surface area contributed by atoms with Crippen molar-refractivity contribution >= 4 is 11.9 Å². The SMILES string of the molecule is C=C(CO)C(=O)OCCc1cc(CCOC(=O)C(=C)CO)cc(C2CCC(C3CCC(CCCCC)CC3)CC2)c1. The first-order valence-corrected chi connectivity index (χ1v) is 15.9. The summed E-state index contributed by atoms with van der Waals surface area (Å²) in [5.74, 6) is 2.05. The zero-order valence-electron chi connectivity index (χ0n) is 25.2. The lowest BCUT2D eigenvalue weighted by Gasteiger charge is -2.38. The third-order valence-corrected chi connectivity index (χ3v) is 9.30. The van der Waals surface area contributed by atoms with Gasteiger partial charge in [0, 0.05) is 12.8 Å². The first-order chi connectivity index (χ1) is 19.8. The molecular formula is C35H52O6. The number of unbranched alkanes of at least 4 members (excludes halogenated alkanes) is 2. The summed E-state index contributed by atoms with van der Waals surface area (Å²) in [6.07, 6.45) is 17.3. The molecule has 0 aliphatic heterocycles. The lowest BCUT2D eigenvalue weighted by Crippen LogP contribution is -2.25. The van der Waals surface area contributed by atoms with Crippen molar-refractivity contribution in [1.29, 1.82) is 0 Å². The Labute approximate surface area is 247 Å². The van der Waals surface area contributed by atoms with Crippen molar-refractivity contribution in [2.75, 3.05) is 26.4 Å². The second-order valence-electron chi connectivity index (χ2n) is 12.3. The number of carbonyl (C=O) groups is 2.